The number of hydrogen-bond donors (Lipinski definition) is 1. The van der Waals surface area contributed by atoms with E-state index < -0.39 is 18.5 Å². The van der Waals surface area contributed by atoms with Gasteiger partial charge in [-0.15, -0.1) is 0 Å². The molecule has 0 saturated heterocycles. The van der Waals surface area contributed by atoms with E-state index in [0.717, 1.165) is 5.56 Å². The molecule has 132 valence electrons. The Balaban J connectivity index is 1.96. The maximum atomic E-state index is 12.1. The summed E-state index contributed by atoms with van der Waals surface area (Å²) in [6.45, 7) is 1.46. The fourth-order valence-electron chi connectivity index (χ4n) is 2.09. The van der Waals surface area contributed by atoms with E-state index >= 15 is 0 Å². The molecule has 0 aromatic heterocycles. The van der Waals surface area contributed by atoms with Crippen LogP contribution in [0.2, 0.25) is 5.02 Å². The van der Waals surface area contributed by atoms with Gasteiger partial charge in [0.15, 0.2) is 18.1 Å². The predicted octanol–water partition coefficient (Wildman–Crippen LogP) is 3.46. The van der Waals surface area contributed by atoms with Gasteiger partial charge in [0.05, 0.1) is 30.5 Å². The Hall–Kier alpha value is -2.73. The molecular weight excluding hydrogens is 346 g/mol. The van der Waals surface area contributed by atoms with Crippen LogP contribution in [0.1, 0.15) is 15.9 Å². The summed E-state index contributed by atoms with van der Waals surface area (Å²) in [5.74, 6) is -0.246. The average Bonchev–Trinajstić information content (AvgIpc) is 2.61. The van der Waals surface area contributed by atoms with Gasteiger partial charge in [-0.3, -0.25) is 4.79 Å². The van der Waals surface area contributed by atoms with Crippen molar-refractivity contribution in [3.8, 4) is 11.5 Å². The second-order valence-electron chi connectivity index (χ2n) is 5.18. The minimum Gasteiger partial charge on any atom is -0.493 e. The lowest BCUT2D eigenvalue weighted by molar-refractivity contribution is -0.119. The van der Waals surface area contributed by atoms with Gasteiger partial charge in [-0.05, 0) is 42.8 Å². The molecule has 1 N–H and O–H groups in total. The SMILES string of the molecule is COc1ccc(C(=O)OCC(=O)Nc2ccc(C)cc2Cl)cc1OC. The zero-order valence-electron chi connectivity index (χ0n) is 14.1. The highest BCUT2D eigenvalue weighted by molar-refractivity contribution is 6.33. The number of methoxy groups -OCH3 is 2. The number of carbonyl (C=O) groups is 2. The maximum absolute atomic E-state index is 12.1. The molecular formula is C18H18ClNO5. The third-order valence-corrected chi connectivity index (χ3v) is 3.66. The number of esters is 1. The fraction of sp³-hybridized carbons (Fsp3) is 0.222. The van der Waals surface area contributed by atoms with E-state index in [0.29, 0.717) is 22.2 Å². The molecule has 0 bridgehead atoms. The van der Waals surface area contributed by atoms with Crippen LogP contribution in [0, 0.1) is 6.92 Å². The van der Waals surface area contributed by atoms with Crippen molar-refractivity contribution < 1.29 is 23.8 Å². The lowest BCUT2D eigenvalue weighted by atomic mass is 10.2. The first-order valence-electron chi connectivity index (χ1n) is 7.39. The van der Waals surface area contributed by atoms with Crippen LogP contribution in [0.15, 0.2) is 36.4 Å². The summed E-state index contributed by atoms with van der Waals surface area (Å²) in [4.78, 5) is 24.0. The molecule has 0 unspecified atom stereocenters. The Morgan fingerprint density at radius 3 is 2.40 bits per heavy atom. The third kappa shape index (κ3) is 4.87. The van der Waals surface area contributed by atoms with Crippen molar-refractivity contribution >= 4 is 29.2 Å². The van der Waals surface area contributed by atoms with Gasteiger partial charge in [-0.25, -0.2) is 4.79 Å². The van der Waals surface area contributed by atoms with Crippen molar-refractivity contribution in [2.75, 3.05) is 26.1 Å². The zero-order valence-corrected chi connectivity index (χ0v) is 14.8. The Labute approximate surface area is 150 Å². The van der Waals surface area contributed by atoms with E-state index in [1.807, 2.05) is 13.0 Å². The number of ether oxygens (including phenoxy) is 3. The van der Waals surface area contributed by atoms with E-state index in [4.69, 9.17) is 25.8 Å². The molecule has 2 aromatic carbocycles. The van der Waals surface area contributed by atoms with Crippen LogP contribution in [0.5, 0.6) is 11.5 Å². The minimum absolute atomic E-state index is 0.249. The van der Waals surface area contributed by atoms with Gasteiger partial charge in [-0.2, -0.15) is 0 Å². The number of rotatable bonds is 6. The normalized spacial score (nSPS) is 10.1. The van der Waals surface area contributed by atoms with Crippen LogP contribution in [-0.2, 0) is 9.53 Å². The second kappa shape index (κ2) is 8.39. The molecule has 2 aromatic rings. The van der Waals surface area contributed by atoms with Gasteiger partial charge < -0.3 is 19.5 Å². The van der Waals surface area contributed by atoms with Crippen molar-refractivity contribution in [2.24, 2.45) is 0 Å². The molecule has 0 aliphatic heterocycles. The molecule has 6 nitrogen and oxygen atoms in total. The first-order valence-corrected chi connectivity index (χ1v) is 7.77. The molecule has 7 heteroatoms. The van der Waals surface area contributed by atoms with Gasteiger partial charge in [0.1, 0.15) is 0 Å². The Morgan fingerprint density at radius 2 is 1.76 bits per heavy atom. The van der Waals surface area contributed by atoms with Gasteiger partial charge in [0, 0.05) is 0 Å². The highest BCUT2D eigenvalue weighted by atomic mass is 35.5. The number of halogens is 1. The van der Waals surface area contributed by atoms with Crippen molar-refractivity contribution in [1.29, 1.82) is 0 Å². The van der Waals surface area contributed by atoms with Crippen LogP contribution in [0.4, 0.5) is 5.69 Å². The maximum Gasteiger partial charge on any atom is 0.338 e. The average molecular weight is 364 g/mol. The summed E-state index contributed by atoms with van der Waals surface area (Å²) >= 11 is 6.05. The highest BCUT2D eigenvalue weighted by Gasteiger charge is 2.14. The van der Waals surface area contributed by atoms with Crippen LogP contribution >= 0.6 is 11.6 Å². The van der Waals surface area contributed by atoms with Crippen LogP contribution in [-0.4, -0.2) is 32.7 Å². The van der Waals surface area contributed by atoms with Gasteiger partial charge in [0.25, 0.3) is 5.91 Å². The first kappa shape index (κ1) is 18.6. The molecule has 0 spiro atoms. The van der Waals surface area contributed by atoms with Crippen molar-refractivity contribution in [3.05, 3.63) is 52.5 Å². The van der Waals surface area contributed by atoms with Crippen LogP contribution in [0.3, 0.4) is 0 Å². The summed E-state index contributed by atoms with van der Waals surface area (Å²) in [6.07, 6.45) is 0. The quantitative estimate of drug-likeness (QED) is 0.795. The highest BCUT2D eigenvalue weighted by Crippen LogP contribution is 2.27. The molecule has 0 aliphatic rings. The van der Waals surface area contributed by atoms with Gasteiger partial charge in [0.2, 0.25) is 0 Å². The number of anilines is 1. The summed E-state index contributed by atoms with van der Waals surface area (Å²) in [7, 11) is 2.96. The molecule has 0 heterocycles. The largest absolute Gasteiger partial charge is 0.493 e. The molecule has 0 atom stereocenters. The van der Waals surface area contributed by atoms with E-state index in [1.54, 1.807) is 18.2 Å². The molecule has 0 saturated carbocycles. The number of amides is 1. The molecule has 0 aliphatic carbocycles. The van der Waals surface area contributed by atoms with Crippen molar-refractivity contribution in [2.45, 2.75) is 6.92 Å². The van der Waals surface area contributed by atoms with Crippen molar-refractivity contribution in [1.82, 2.24) is 0 Å². The number of nitrogens with one attached hydrogen (secondary N) is 1. The van der Waals surface area contributed by atoms with Crippen molar-refractivity contribution in [3.63, 3.8) is 0 Å². The smallest absolute Gasteiger partial charge is 0.338 e. The molecule has 25 heavy (non-hydrogen) atoms. The second-order valence-corrected chi connectivity index (χ2v) is 5.58. The van der Waals surface area contributed by atoms with E-state index in [9.17, 15) is 9.59 Å². The molecule has 0 fully saturated rings. The summed E-state index contributed by atoms with van der Waals surface area (Å²) in [5, 5.41) is 3.01. The van der Waals surface area contributed by atoms with Crippen LogP contribution < -0.4 is 14.8 Å². The Morgan fingerprint density at radius 1 is 1.04 bits per heavy atom. The number of benzene rings is 2. The number of aryl methyl sites for hydroxylation is 1. The third-order valence-electron chi connectivity index (χ3n) is 3.35. The lowest BCUT2D eigenvalue weighted by Gasteiger charge is -2.10. The Bertz CT molecular complexity index is 791. The first-order chi connectivity index (χ1) is 11.9. The van der Waals surface area contributed by atoms with Gasteiger partial charge in [-0.1, -0.05) is 17.7 Å². The lowest BCUT2D eigenvalue weighted by Crippen LogP contribution is -2.21. The van der Waals surface area contributed by atoms with E-state index in [-0.39, 0.29) is 5.56 Å². The standard InChI is InChI=1S/C18H18ClNO5/c1-11-4-6-14(13(19)8-11)20-17(21)10-25-18(22)12-5-7-15(23-2)16(9-12)24-3/h4-9H,10H2,1-3H3,(H,20,21). The summed E-state index contributed by atoms with van der Waals surface area (Å²) in [5.41, 5.74) is 1.68. The van der Waals surface area contributed by atoms with E-state index in [2.05, 4.69) is 5.32 Å². The summed E-state index contributed by atoms with van der Waals surface area (Å²) < 4.78 is 15.2. The Kier molecular flexibility index (Phi) is 6.25. The molecule has 2 rings (SSSR count). The zero-order chi connectivity index (χ0) is 18.4. The monoisotopic (exact) mass is 363 g/mol. The minimum atomic E-state index is -0.647. The molecule has 0 radical (unpaired) electrons. The topological polar surface area (TPSA) is 73.9 Å². The number of carbonyl (C=O) groups excluding carboxylic acids is 2. The fourth-order valence-corrected chi connectivity index (χ4v) is 2.37. The van der Waals surface area contributed by atoms with E-state index in [1.165, 1.54) is 26.4 Å². The van der Waals surface area contributed by atoms with Gasteiger partial charge >= 0.3 is 5.97 Å². The summed E-state index contributed by atoms with van der Waals surface area (Å²) in [6, 6.07) is 9.82. The number of hydrogen-bond acceptors (Lipinski definition) is 5. The molecule has 1 amide bonds. The predicted molar refractivity (Wildman–Crippen MR) is 94.6 cm³/mol. The van der Waals surface area contributed by atoms with Crippen LogP contribution in [0.25, 0.3) is 0 Å².